The molecular formula is C18H17Cl2N3O3S. The first-order valence-electron chi connectivity index (χ1n) is 8.08. The number of amides is 1. The number of carbonyl (C=O) groups is 1. The molecule has 1 aliphatic rings. The van der Waals surface area contributed by atoms with Gasteiger partial charge in [0, 0.05) is 16.0 Å². The summed E-state index contributed by atoms with van der Waals surface area (Å²) >= 11 is 11.8. The number of nitrogens with one attached hydrogen (secondary N) is 1. The Labute approximate surface area is 167 Å². The molecule has 2 aromatic rings. The molecule has 0 radical (unpaired) electrons. The summed E-state index contributed by atoms with van der Waals surface area (Å²) in [7, 11) is -3.56. The summed E-state index contributed by atoms with van der Waals surface area (Å²) in [6.45, 7) is 0. The molecule has 142 valence electrons. The molecule has 0 aliphatic carbocycles. The molecule has 2 aromatic carbocycles. The van der Waals surface area contributed by atoms with Gasteiger partial charge in [0.1, 0.15) is 11.8 Å². The lowest BCUT2D eigenvalue weighted by Crippen LogP contribution is -2.36. The van der Waals surface area contributed by atoms with Crippen LogP contribution in [0.2, 0.25) is 10.0 Å². The van der Waals surface area contributed by atoms with Crippen LogP contribution in [-0.4, -0.2) is 25.9 Å². The van der Waals surface area contributed by atoms with Gasteiger partial charge in [0.25, 0.3) is 5.91 Å². The minimum absolute atomic E-state index is 0.0710. The van der Waals surface area contributed by atoms with Crippen LogP contribution in [0.3, 0.4) is 0 Å². The molecule has 0 fully saturated rings. The van der Waals surface area contributed by atoms with Crippen molar-refractivity contribution in [3.05, 3.63) is 69.7 Å². The molecule has 2 atom stereocenters. The van der Waals surface area contributed by atoms with E-state index in [-0.39, 0.29) is 17.3 Å². The first kappa shape index (κ1) is 19.7. The number of amidine groups is 1. The zero-order chi connectivity index (χ0) is 19.6. The van der Waals surface area contributed by atoms with Crippen LogP contribution in [0.1, 0.15) is 17.0 Å². The van der Waals surface area contributed by atoms with Gasteiger partial charge >= 0.3 is 0 Å². The standard InChI is InChI=1S/C18H17Cl2N3O3S/c19-13-5-1-11(2-6-13)9-27(25,26)10-15(12-3-7-14(20)8-4-12)16-17(21)22-23-18(16)24/h1-8,15-16H,9-10H2,(H2,21,22)(H,23,24). The molecule has 0 aromatic heterocycles. The van der Waals surface area contributed by atoms with E-state index in [0.29, 0.717) is 21.2 Å². The third kappa shape index (κ3) is 4.80. The molecular weight excluding hydrogens is 409 g/mol. The Kier molecular flexibility index (Phi) is 5.74. The van der Waals surface area contributed by atoms with Gasteiger partial charge in [0.2, 0.25) is 0 Å². The predicted octanol–water partition coefficient (Wildman–Crippen LogP) is 2.71. The number of nitrogens with zero attached hydrogens (tertiary/aromatic N) is 1. The number of hydrogen-bond donors (Lipinski definition) is 2. The fourth-order valence-corrected chi connectivity index (χ4v) is 5.05. The fraction of sp³-hybridized carbons (Fsp3) is 0.222. The van der Waals surface area contributed by atoms with Crippen LogP contribution in [0.4, 0.5) is 0 Å². The van der Waals surface area contributed by atoms with E-state index in [0.717, 1.165) is 0 Å². The van der Waals surface area contributed by atoms with E-state index in [1.165, 1.54) is 0 Å². The van der Waals surface area contributed by atoms with Crippen molar-refractivity contribution in [3.63, 3.8) is 0 Å². The quantitative estimate of drug-likeness (QED) is 0.742. The number of carbonyl (C=O) groups excluding carboxylic acids is 1. The van der Waals surface area contributed by atoms with Gasteiger partial charge in [-0.1, -0.05) is 47.5 Å². The van der Waals surface area contributed by atoms with Gasteiger partial charge in [0.05, 0.1) is 11.5 Å². The lowest BCUT2D eigenvalue weighted by Gasteiger charge is -2.22. The van der Waals surface area contributed by atoms with E-state index >= 15 is 0 Å². The van der Waals surface area contributed by atoms with E-state index in [1.54, 1.807) is 48.5 Å². The van der Waals surface area contributed by atoms with Gasteiger partial charge in [-0.15, -0.1) is 0 Å². The summed E-state index contributed by atoms with van der Waals surface area (Å²) in [5.41, 5.74) is 9.44. The second-order valence-corrected chi connectivity index (χ2v) is 9.31. The molecule has 1 amide bonds. The zero-order valence-electron chi connectivity index (χ0n) is 14.1. The Hall–Kier alpha value is -2.09. The monoisotopic (exact) mass is 425 g/mol. The molecule has 0 bridgehead atoms. The zero-order valence-corrected chi connectivity index (χ0v) is 16.4. The third-order valence-electron chi connectivity index (χ3n) is 4.33. The van der Waals surface area contributed by atoms with Crippen LogP contribution < -0.4 is 11.2 Å². The minimum atomic E-state index is -3.56. The van der Waals surface area contributed by atoms with Crippen molar-refractivity contribution in [2.45, 2.75) is 11.7 Å². The van der Waals surface area contributed by atoms with Crippen molar-refractivity contribution in [3.8, 4) is 0 Å². The van der Waals surface area contributed by atoms with Crippen molar-refractivity contribution >= 4 is 44.8 Å². The second kappa shape index (κ2) is 7.88. The highest BCUT2D eigenvalue weighted by molar-refractivity contribution is 7.90. The normalized spacial score (nSPS) is 18.1. The summed E-state index contributed by atoms with van der Waals surface area (Å²) in [6.07, 6.45) is 0. The van der Waals surface area contributed by atoms with Crippen LogP contribution in [0.15, 0.2) is 53.6 Å². The topological polar surface area (TPSA) is 102 Å². The van der Waals surface area contributed by atoms with E-state index in [2.05, 4.69) is 10.5 Å². The van der Waals surface area contributed by atoms with Gasteiger partial charge in [-0.05, 0) is 35.4 Å². The first-order chi connectivity index (χ1) is 12.7. The average molecular weight is 426 g/mol. The van der Waals surface area contributed by atoms with Crippen molar-refractivity contribution in [1.82, 2.24) is 5.43 Å². The first-order valence-corrected chi connectivity index (χ1v) is 10.7. The van der Waals surface area contributed by atoms with Crippen molar-refractivity contribution in [1.29, 1.82) is 0 Å². The van der Waals surface area contributed by atoms with Crippen LogP contribution in [0.25, 0.3) is 0 Å². The maximum Gasteiger partial charge on any atom is 0.251 e. The second-order valence-electron chi connectivity index (χ2n) is 6.33. The summed E-state index contributed by atoms with van der Waals surface area (Å²) in [6, 6.07) is 13.3. The Bertz CT molecular complexity index is 974. The molecule has 0 saturated heterocycles. The maximum absolute atomic E-state index is 12.8. The molecule has 3 rings (SSSR count). The predicted molar refractivity (Wildman–Crippen MR) is 106 cm³/mol. The molecule has 0 spiro atoms. The summed E-state index contributed by atoms with van der Waals surface area (Å²) in [5.74, 6) is -2.31. The van der Waals surface area contributed by atoms with Crippen molar-refractivity contribution < 1.29 is 13.2 Å². The molecule has 0 saturated carbocycles. The van der Waals surface area contributed by atoms with E-state index in [4.69, 9.17) is 28.9 Å². The van der Waals surface area contributed by atoms with Gasteiger partial charge in [-0.25, -0.2) is 13.8 Å². The number of hydrazone groups is 1. The van der Waals surface area contributed by atoms with Gasteiger partial charge in [0.15, 0.2) is 9.84 Å². The Morgan fingerprint density at radius 2 is 1.59 bits per heavy atom. The molecule has 6 nitrogen and oxygen atoms in total. The van der Waals surface area contributed by atoms with E-state index in [1.807, 2.05) is 0 Å². The van der Waals surface area contributed by atoms with Gasteiger partial charge in [-0.3, -0.25) is 4.79 Å². The average Bonchev–Trinajstić information content (AvgIpc) is 2.94. The number of hydrogen-bond acceptors (Lipinski definition) is 5. The van der Waals surface area contributed by atoms with Crippen molar-refractivity contribution in [2.75, 3.05) is 5.75 Å². The minimum Gasteiger partial charge on any atom is -0.385 e. The lowest BCUT2D eigenvalue weighted by atomic mass is 9.86. The Morgan fingerprint density at radius 3 is 2.11 bits per heavy atom. The lowest BCUT2D eigenvalue weighted by molar-refractivity contribution is -0.122. The fourth-order valence-electron chi connectivity index (χ4n) is 3.04. The van der Waals surface area contributed by atoms with Crippen LogP contribution in [-0.2, 0) is 20.4 Å². The summed E-state index contributed by atoms with van der Waals surface area (Å²) < 4.78 is 25.7. The van der Waals surface area contributed by atoms with Crippen LogP contribution in [0, 0.1) is 5.92 Å². The van der Waals surface area contributed by atoms with Crippen LogP contribution >= 0.6 is 23.2 Å². The molecule has 3 N–H and O–H groups in total. The third-order valence-corrected chi connectivity index (χ3v) is 6.47. The molecule has 27 heavy (non-hydrogen) atoms. The Morgan fingerprint density at radius 1 is 1.04 bits per heavy atom. The van der Waals surface area contributed by atoms with Crippen LogP contribution in [0.5, 0.6) is 0 Å². The number of nitrogens with two attached hydrogens (primary N) is 1. The summed E-state index contributed by atoms with van der Waals surface area (Å²) in [4.78, 5) is 12.2. The number of rotatable bonds is 6. The van der Waals surface area contributed by atoms with E-state index in [9.17, 15) is 13.2 Å². The smallest absolute Gasteiger partial charge is 0.251 e. The SMILES string of the molecule is NC1=NNC(=O)C1C(CS(=O)(=O)Cc1ccc(Cl)cc1)c1ccc(Cl)cc1. The number of benzene rings is 2. The Balaban J connectivity index is 1.90. The van der Waals surface area contributed by atoms with Gasteiger partial charge < -0.3 is 5.73 Å². The van der Waals surface area contributed by atoms with Gasteiger partial charge in [-0.2, -0.15) is 5.10 Å². The highest BCUT2D eigenvalue weighted by atomic mass is 35.5. The van der Waals surface area contributed by atoms with Crippen molar-refractivity contribution in [2.24, 2.45) is 16.8 Å². The highest BCUT2D eigenvalue weighted by Crippen LogP contribution is 2.31. The number of halogens is 2. The molecule has 9 heteroatoms. The molecule has 2 unspecified atom stereocenters. The maximum atomic E-state index is 12.8. The molecule has 1 aliphatic heterocycles. The van der Waals surface area contributed by atoms with E-state index < -0.39 is 27.6 Å². The highest BCUT2D eigenvalue weighted by Gasteiger charge is 2.39. The molecule has 1 heterocycles. The summed E-state index contributed by atoms with van der Waals surface area (Å²) in [5, 5.41) is 4.79. The largest absolute Gasteiger partial charge is 0.385 e. The number of sulfone groups is 1.